The number of carboxylic acid groups (broad SMARTS) is 1. The van der Waals surface area contributed by atoms with E-state index >= 15 is 9.59 Å². The number of aliphatic hydroxyl groups excluding tert-OH is 2. The standard InChI is InChI=1S/C59H71N13O12S2/c1-32(73)49-58(82)69-47(57(81)71-50(33(2)74)59(83)84)31-86-85-30-46(68-53(77)43(25-34-13-4-3-5-14-34)65-51(75)37-22-23-48(72-61)63-28-37)56(80)67-44(26-36-17-12-16-35-15-6-7-18-39(35)36)55(79)66-45(27-38-29-62-41-20-9-8-19-40(38)41)54(78)64-42(52(76)70-49)21-10-11-24-60/h3-9,12-20,22-23,28-29,32-33,42-47,49-50,62,73-74H,10-11,21,24-27,30-31,60-61H2,1-2H3,(H,63,72)(H,64,78)(H,65,75)(H,66,79)(H,67,80)(H,68,77)(H,69,82)(H,70,76)(H,71,81)(H,83,84)/t32-,33-,42+,43-,44+,45-,46+,47?,49+,50+/m1/s1. The van der Waals surface area contributed by atoms with Crippen molar-refractivity contribution >= 4 is 102 Å². The van der Waals surface area contributed by atoms with Crippen LogP contribution in [0, 0.1) is 0 Å². The fourth-order valence-electron chi connectivity index (χ4n) is 9.56. The molecule has 6 aromatic rings. The number of nitrogen functional groups attached to an aromatic ring is 1. The smallest absolute Gasteiger partial charge is 0.328 e. The number of aromatic nitrogens is 2. The highest BCUT2D eigenvalue weighted by Crippen LogP contribution is 2.26. The Bertz CT molecular complexity index is 3350. The Morgan fingerprint density at radius 2 is 1.33 bits per heavy atom. The van der Waals surface area contributed by atoms with Crippen molar-refractivity contribution in [3.8, 4) is 0 Å². The number of fused-ring (bicyclic) bond motifs is 2. The Morgan fingerprint density at radius 3 is 2.00 bits per heavy atom. The SMILES string of the molecule is C[C@@H](O)[C@H](NC(=O)C1CSSC[C@H](NC(=O)[C@@H](Cc2ccccc2)NC(=O)c2ccc(NN)nc2)C(=O)N[C@@H](Cc2cccc3ccccc23)C(=O)N[C@H](Cc2c[nH]c3ccccc23)C(=O)N[C@@H](CCCCN)C(=O)N[C@@H]([C@@H](C)O)C(=O)N1)C(=O)O. The van der Waals surface area contributed by atoms with Crippen molar-refractivity contribution in [1.29, 1.82) is 0 Å². The third-order valence-electron chi connectivity index (χ3n) is 14.3. The van der Waals surface area contributed by atoms with Crippen molar-refractivity contribution in [2.45, 2.75) is 113 Å². The number of hydrazine groups is 1. The van der Waals surface area contributed by atoms with Gasteiger partial charge in [0.15, 0.2) is 6.04 Å². The summed E-state index contributed by atoms with van der Waals surface area (Å²) in [6.45, 7) is 2.55. The van der Waals surface area contributed by atoms with Crippen LogP contribution in [0.4, 0.5) is 5.82 Å². The van der Waals surface area contributed by atoms with Gasteiger partial charge in [-0.1, -0.05) is 113 Å². The zero-order valence-electron chi connectivity index (χ0n) is 47.1. The molecule has 2 aromatic heterocycles. The maximum atomic E-state index is 15.3. The number of hydrogen-bond acceptors (Lipinski definition) is 17. The van der Waals surface area contributed by atoms with Gasteiger partial charge in [-0.2, -0.15) is 0 Å². The first-order valence-corrected chi connectivity index (χ1v) is 30.3. The number of unbranched alkanes of at least 4 members (excludes halogenated alkanes) is 1. The molecule has 0 radical (unpaired) electrons. The van der Waals surface area contributed by atoms with Crippen LogP contribution in [0.5, 0.6) is 0 Å². The maximum Gasteiger partial charge on any atom is 0.328 e. The number of pyridine rings is 1. The molecule has 0 spiro atoms. The second-order valence-corrected chi connectivity index (χ2v) is 23.2. The minimum atomic E-state index is -1.85. The number of amides is 8. The zero-order valence-corrected chi connectivity index (χ0v) is 48.8. The number of nitrogens with two attached hydrogens (primary N) is 2. The average molecular weight is 1220 g/mol. The lowest BCUT2D eigenvalue weighted by Crippen LogP contribution is -2.62. The molecular weight excluding hydrogens is 1150 g/mol. The van der Waals surface area contributed by atoms with Gasteiger partial charge in [-0.25, -0.2) is 15.6 Å². The lowest BCUT2D eigenvalue weighted by Gasteiger charge is -2.29. The van der Waals surface area contributed by atoms with E-state index in [9.17, 15) is 48.9 Å². The number of rotatable bonds is 20. The molecule has 1 fully saturated rings. The summed E-state index contributed by atoms with van der Waals surface area (Å²) in [7, 11) is 1.81. The first-order chi connectivity index (χ1) is 41.3. The number of carbonyl (C=O) groups is 9. The number of carbonyl (C=O) groups excluding carboxylic acids is 8. The van der Waals surface area contributed by atoms with Gasteiger partial charge in [0, 0.05) is 54.1 Å². The van der Waals surface area contributed by atoms with Crippen LogP contribution in [0.3, 0.4) is 0 Å². The van der Waals surface area contributed by atoms with Gasteiger partial charge >= 0.3 is 5.97 Å². The van der Waals surface area contributed by atoms with E-state index < -0.39 is 120 Å². The number of anilines is 1. The molecule has 10 atom stereocenters. The van der Waals surface area contributed by atoms with E-state index in [2.05, 4.69) is 57.9 Å². The van der Waals surface area contributed by atoms with Crippen molar-refractivity contribution in [2.75, 3.05) is 23.5 Å². The van der Waals surface area contributed by atoms with Crippen LogP contribution >= 0.6 is 21.6 Å². The van der Waals surface area contributed by atoms with Crippen molar-refractivity contribution in [3.63, 3.8) is 0 Å². The molecule has 4 aromatic carbocycles. The molecule has 86 heavy (non-hydrogen) atoms. The molecule has 1 aliphatic heterocycles. The van der Waals surface area contributed by atoms with E-state index in [0.717, 1.165) is 50.2 Å². The topological polar surface area (TPSA) is 403 Å². The Balaban J connectivity index is 1.32. The number of para-hydroxylation sites is 1. The summed E-state index contributed by atoms with van der Waals surface area (Å²) in [4.78, 5) is 136. The van der Waals surface area contributed by atoms with E-state index in [0.29, 0.717) is 29.5 Å². The minimum absolute atomic E-state index is 0.0366. The average Bonchev–Trinajstić information content (AvgIpc) is 2.76. The number of hydrogen-bond donors (Lipinski definition) is 15. The van der Waals surface area contributed by atoms with Crippen molar-refractivity contribution in [1.82, 2.24) is 52.5 Å². The fourth-order valence-corrected chi connectivity index (χ4v) is 11.9. The van der Waals surface area contributed by atoms with Crippen molar-refractivity contribution < 1.29 is 58.5 Å². The Labute approximate surface area is 502 Å². The molecule has 17 N–H and O–H groups in total. The lowest BCUT2D eigenvalue weighted by molar-refractivity contribution is -0.145. The molecule has 456 valence electrons. The first kappa shape index (κ1) is 65.0. The molecular formula is C59H71N13O12S2. The van der Waals surface area contributed by atoms with E-state index in [-0.39, 0.29) is 49.4 Å². The quantitative estimate of drug-likeness (QED) is 0.0215. The molecule has 0 aliphatic carbocycles. The first-order valence-electron chi connectivity index (χ1n) is 27.8. The van der Waals surface area contributed by atoms with Gasteiger partial charge in [-0.05, 0) is 85.3 Å². The molecule has 3 heterocycles. The molecule has 1 saturated heterocycles. The highest BCUT2D eigenvalue weighted by Gasteiger charge is 2.38. The molecule has 0 bridgehead atoms. The van der Waals surface area contributed by atoms with E-state index in [1.807, 2.05) is 48.5 Å². The third kappa shape index (κ3) is 18.0. The summed E-state index contributed by atoms with van der Waals surface area (Å²) < 4.78 is 0. The Hall–Kier alpha value is -8.60. The van der Waals surface area contributed by atoms with Gasteiger partial charge < -0.3 is 74.0 Å². The lowest BCUT2D eigenvalue weighted by atomic mass is 9.97. The molecule has 7 rings (SSSR count). The summed E-state index contributed by atoms with van der Waals surface area (Å²) in [6.07, 6.45) is -0.0481. The second kappa shape index (κ2) is 31.5. The van der Waals surface area contributed by atoms with Crippen LogP contribution in [0.15, 0.2) is 122 Å². The Kier molecular flexibility index (Phi) is 23.8. The number of nitrogens with zero attached hydrogens (tertiary/aromatic N) is 1. The van der Waals surface area contributed by atoms with Crippen LogP contribution in [0.1, 0.15) is 60.2 Å². The van der Waals surface area contributed by atoms with Gasteiger partial charge in [-0.3, -0.25) is 38.4 Å². The summed E-state index contributed by atoms with van der Waals surface area (Å²) in [5.41, 5.74) is 10.9. The van der Waals surface area contributed by atoms with E-state index in [4.69, 9.17) is 11.6 Å². The van der Waals surface area contributed by atoms with Crippen LogP contribution < -0.4 is 59.5 Å². The van der Waals surface area contributed by atoms with Crippen molar-refractivity contribution in [3.05, 3.63) is 144 Å². The van der Waals surface area contributed by atoms with Crippen LogP contribution in [0.25, 0.3) is 21.7 Å². The number of aliphatic carboxylic acids is 1. The summed E-state index contributed by atoms with van der Waals surface area (Å²) in [6, 6.07) is 19.2. The van der Waals surface area contributed by atoms with Gasteiger partial charge in [0.25, 0.3) is 5.91 Å². The second-order valence-electron chi connectivity index (χ2n) is 20.6. The van der Waals surface area contributed by atoms with Crippen molar-refractivity contribution in [2.24, 2.45) is 11.6 Å². The molecule has 8 amide bonds. The monoisotopic (exact) mass is 1220 g/mol. The largest absolute Gasteiger partial charge is 0.480 e. The minimum Gasteiger partial charge on any atom is -0.480 e. The molecule has 1 aliphatic rings. The van der Waals surface area contributed by atoms with Gasteiger partial charge in [0.05, 0.1) is 17.8 Å². The zero-order chi connectivity index (χ0) is 61.9. The summed E-state index contributed by atoms with van der Waals surface area (Å²) in [5.74, 6) is -3.83. The van der Waals surface area contributed by atoms with E-state index in [1.165, 1.54) is 25.3 Å². The van der Waals surface area contributed by atoms with Crippen LogP contribution in [-0.2, 0) is 57.6 Å². The molecule has 1 unspecified atom stereocenters. The van der Waals surface area contributed by atoms with Crippen LogP contribution in [-0.4, -0.2) is 157 Å². The maximum absolute atomic E-state index is 15.3. The predicted octanol–water partition coefficient (Wildman–Crippen LogP) is 0.592. The van der Waals surface area contributed by atoms with Gasteiger partial charge in [-0.15, -0.1) is 0 Å². The summed E-state index contributed by atoms with van der Waals surface area (Å²) >= 11 is 0. The van der Waals surface area contributed by atoms with E-state index in [1.54, 1.807) is 54.7 Å². The number of carboxylic acids is 1. The molecule has 0 saturated carbocycles. The summed E-state index contributed by atoms with van der Waals surface area (Å²) in [5, 5.41) is 54.7. The molecule has 25 nitrogen and oxygen atoms in total. The number of aromatic amines is 1. The van der Waals surface area contributed by atoms with Gasteiger partial charge in [0.1, 0.15) is 48.1 Å². The van der Waals surface area contributed by atoms with Crippen LogP contribution in [0.2, 0.25) is 0 Å². The highest BCUT2D eigenvalue weighted by atomic mass is 33.1. The molecule has 27 heteroatoms. The number of benzene rings is 4. The Morgan fingerprint density at radius 1 is 0.686 bits per heavy atom. The number of aliphatic hydroxyl groups is 2. The third-order valence-corrected chi connectivity index (χ3v) is 16.7. The normalized spacial score (nSPS) is 20.7. The fraction of sp³-hybridized carbons (Fsp3) is 0.356. The van der Waals surface area contributed by atoms with Gasteiger partial charge in [0.2, 0.25) is 41.4 Å². The predicted molar refractivity (Wildman–Crippen MR) is 325 cm³/mol. The highest BCUT2D eigenvalue weighted by molar-refractivity contribution is 8.76. The number of nitrogens with one attached hydrogen (secondary N) is 10. The number of H-pyrrole nitrogens is 1.